The van der Waals surface area contributed by atoms with Crippen LogP contribution in [0.25, 0.3) is 0 Å². The molecule has 0 aliphatic carbocycles. The molecule has 1 N–H and O–H groups in total. The average Bonchev–Trinajstić information content (AvgIpc) is 3.37. The van der Waals surface area contributed by atoms with Crippen LogP contribution in [0.2, 0.25) is 0 Å². The summed E-state index contributed by atoms with van der Waals surface area (Å²) in [6.07, 6.45) is 4.90. The predicted octanol–water partition coefficient (Wildman–Crippen LogP) is 4.49. The molecule has 0 spiro atoms. The molecule has 0 aliphatic rings. The molecule has 4 rings (SSSR count). The minimum Gasteiger partial charge on any atom is -0.467 e. The third-order valence-electron chi connectivity index (χ3n) is 5.40. The number of hydrogen-bond donors (Lipinski definition) is 1. The Morgan fingerprint density at radius 2 is 1.69 bits per heavy atom. The van der Waals surface area contributed by atoms with Crippen molar-refractivity contribution in [3.63, 3.8) is 0 Å². The zero-order valence-electron chi connectivity index (χ0n) is 19.5. The SMILES string of the molecule is CCc1ccc(CN(Cc2ccco2)c2cnc(S(C)(=O)=O)nc2C(=O)Nc2ccccc2)cc1. The molecule has 0 fully saturated rings. The summed E-state index contributed by atoms with van der Waals surface area (Å²) in [4.78, 5) is 23.4. The number of nitrogens with zero attached hydrogens (tertiary/aromatic N) is 3. The van der Waals surface area contributed by atoms with Gasteiger partial charge in [0, 0.05) is 18.5 Å². The first-order chi connectivity index (χ1) is 16.8. The van der Waals surface area contributed by atoms with Crippen molar-refractivity contribution in [2.45, 2.75) is 31.6 Å². The van der Waals surface area contributed by atoms with Crippen molar-refractivity contribution >= 4 is 27.1 Å². The molecule has 0 radical (unpaired) electrons. The Morgan fingerprint density at radius 1 is 0.971 bits per heavy atom. The largest absolute Gasteiger partial charge is 0.467 e. The number of aromatic nitrogens is 2. The molecule has 0 unspecified atom stereocenters. The maximum atomic E-state index is 13.3. The Kier molecular flexibility index (Phi) is 7.26. The van der Waals surface area contributed by atoms with Crippen molar-refractivity contribution in [2.24, 2.45) is 0 Å². The van der Waals surface area contributed by atoms with E-state index >= 15 is 0 Å². The van der Waals surface area contributed by atoms with E-state index < -0.39 is 20.9 Å². The number of sulfone groups is 1. The Morgan fingerprint density at radius 3 is 2.31 bits per heavy atom. The fourth-order valence-corrected chi connectivity index (χ4v) is 4.07. The molecular formula is C26H26N4O4S. The molecule has 0 bridgehead atoms. The van der Waals surface area contributed by atoms with E-state index in [2.05, 4.69) is 34.3 Å². The van der Waals surface area contributed by atoms with Gasteiger partial charge in [-0.25, -0.2) is 18.4 Å². The quantitative estimate of drug-likeness (QED) is 0.345. The highest BCUT2D eigenvalue weighted by Crippen LogP contribution is 2.25. The van der Waals surface area contributed by atoms with Crippen molar-refractivity contribution in [1.29, 1.82) is 0 Å². The maximum absolute atomic E-state index is 13.3. The smallest absolute Gasteiger partial charge is 0.276 e. The van der Waals surface area contributed by atoms with E-state index in [-0.39, 0.29) is 5.69 Å². The van der Waals surface area contributed by atoms with Gasteiger partial charge in [0.15, 0.2) is 5.69 Å². The number of rotatable bonds is 9. The van der Waals surface area contributed by atoms with Crippen molar-refractivity contribution in [1.82, 2.24) is 9.97 Å². The number of hydrogen-bond acceptors (Lipinski definition) is 7. The molecule has 0 saturated carbocycles. The maximum Gasteiger partial charge on any atom is 0.276 e. The summed E-state index contributed by atoms with van der Waals surface area (Å²) in [6.45, 7) is 2.85. The number of carbonyl (C=O) groups is 1. The molecular weight excluding hydrogens is 464 g/mol. The summed E-state index contributed by atoms with van der Waals surface area (Å²) in [5.74, 6) is 0.140. The normalized spacial score (nSPS) is 11.3. The van der Waals surface area contributed by atoms with E-state index in [1.54, 1.807) is 36.6 Å². The van der Waals surface area contributed by atoms with Crippen LogP contribution in [-0.2, 0) is 29.3 Å². The van der Waals surface area contributed by atoms with Gasteiger partial charge in [-0.05, 0) is 41.8 Å². The van der Waals surface area contributed by atoms with Gasteiger partial charge in [-0.3, -0.25) is 4.79 Å². The second kappa shape index (κ2) is 10.5. The van der Waals surface area contributed by atoms with Gasteiger partial charge < -0.3 is 14.6 Å². The Bertz CT molecular complexity index is 1390. The van der Waals surface area contributed by atoms with E-state index in [4.69, 9.17) is 4.42 Å². The molecule has 1 amide bonds. The zero-order valence-corrected chi connectivity index (χ0v) is 20.3. The third-order valence-corrected chi connectivity index (χ3v) is 6.26. The molecule has 8 nitrogen and oxygen atoms in total. The number of anilines is 2. The Hall–Kier alpha value is -3.98. The fourth-order valence-electron chi connectivity index (χ4n) is 3.57. The van der Waals surface area contributed by atoms with Gasteiger partial charge in [0.25, 0.3) is 5.91 Å². The molecule has 2 heterocycles. The highest BCUT2D eigenvalue weighted by atomic mass is 32.2. The molecule has 35 heavy (non-hydrogen) atoms. The van der Waals surface area contributed by atoms with Crippen molar-refractivity contribution < 1.29 is 17.6 Å². The molecule has 4 aromatic rings. The lowest BCUT2D eigenvalue weighted by Crippen LogP contribution is -2.27. The third kappa shape index (κ3) is 6.13. The number of para-hydroxylation sites is 1. The van der Waals surface area contributed by atoms with Gasteiger partial charge in [0.2, 0.25) is 15.0 Å². The number of furan rings is 1. The van der Waals surface area contributed by atoms with Crippen molar-refractivity contribution in [3.05, 3.63) is 102 Å². The standard InChI is InChI=1S/C26H26N4O4S/c1-3-19-11-13-20(14-12-19)17-30(18-22-10-7-15-34-22)23-16-27-26(35(2,32)33)29-24(23)25(31)28-21-8-5-4-6-9-21/h4-16H,3,17-18H2,1-2H3,(H,28,31). The fraction of sp³-hybridized carbons (Fsp3) is 0.192. The lowest BCUT2D eigenvalue weighted by Gasteiger charge is -2.25. The van der Waals surface area contributed by atoms with Crippen LogP contribution in [0.4, 0.5) is 11.4 Å². The second-order valence-electron chi connectivity index (χ2n) is 8.08. The second-order valence-corrected chi connectivity index (χ2v) is 9.99. The van der Waals surface area contributed by atoms with Gasteiger partial charge in [-0.1, -0.05) is 49.4 Å². The van der Waals surface area contributed by atoms with Crippen molar-refractivity contribution in [2.75, 3.05) is 16.5 Å². The van der Waals surface area contributed by atoms with Gasteiger partial charge in [0.1, 0.15) is 5.76 Å². The van der Waals surface area contributed by atoms with E-state index in [0.29, 0.717) is 30.2 Å². The molecule has 0 aliphatic heterocycles. The monoisotopic (exact) mass is 490 g/mol. The summed E-state index contributed by atoms with van der Waals surface area (Å²) in [6, 6.07) is 20.7. The van der Waals surface area contributed by atoms with E-state index in [1.807, 2.05) is 29.2 Å². The summed E-state index contributed by atoms with van der Waals surface area (Å²) in [5.41, 5.74) is 3.14. The Balaban J connectivity index is 1.76. The van der Waals surface area contributed by atoms with E-state index in [1.165, 1.54) is 11.8 Å². The van der Waals surface area contributed by atoms with Crippen LogP contribution in [0.5, 0.6) is 0 Å². The van der Waals surface area contributed by atoms with Gasteiger partial charge in [-0.15, -0.1) is 0 Å². The highest BCUT2D eigenvalue weighted by Gasteiger charge is 2.24. The van der Waals surface area contributed by atoms with Crippen molar-refractivity contribution in [3.8, 4) is 0 Å². The van der Waals surface area contributed by atoms with Crippen LogP contribution < -0.4 is 10.2 Å². The van der Waals surface area contributed by atoms with Gasteiger partial charge in [-0.2, -0.15) is 0 Å². The molecule has 0 saturated heterocycles. The minimum atomic E-state index is -3.73. The Labute approximate surface area is 204 Å². The predicted molar refractivity (Wildman–Crippen MR) is 134 cm³/mol. The van der Waals surface area contributed by atoms with Crippen LogP contribution >= 0.6 is 0 Å². The van der Waals surface area contributed by atoms with Crippen LogP contribution in [0.15, 0.2) is 88.8 Å². The number of amides is 1. The number of aryl methyl sites for hydroxylation is 1. The van der Waals surface area contributed by atoms with E-state index in [9.17, 15) is 13.2 Å². The molecule has 0 atom stereocenters. The summed E-state index contributed by atoms with van der Waals surface area (Å²) in [7, 11) is -3.73. The summed E-state index contributed by atoms with van der Waals surface area (Å²) < 4.78 is 29.9. The van der Waals surface area contributed by atoms with Crippen LogP contribution in [0.3, 0.4) is 0 Å². The molecule has 2 aromatic heterocycles. The average molecular weight is 491 g/mol. The van der Waals surface area contributed by atoms with Crippen LogP contribution in [0.1, 0.15) is 34.3 Å². The van der Waals surface area contributed by atoms with Crippen LogP contribution in [-0.4, -0.2) is 30.5 Å². The number of carbonyl (C=O) groups excluding carboxylic acids is 1. The topological polar surface area (TPSA) is 105 Å². The summed E-state index contributed by atoms with van der Waals surface area (Å²) >= 11 is 0. The first kappa shape index (κ1) is 24.2. The zero-order chi connectivity index (χ0) is 24.8. The van der Waals surface area contributed by atoms with E-state index in [0.717, 1.165) is 18.2 Å². The first-order valence-electron chi connectivity index (χ1n) is 11.1. The summed E-state index contributed by atoms with van der Waals surface area (Å²) in [5, 5.41) is 2.38. The highest BCUT2D eigenvalue weighted by molar-refractivity contribution is 7.90. The number of benzene rings is 2. The molecule has 2 aromatic carbocycles. The lowest BCUT2D eigenvalue weighted by atomic mass is 10.1. The lowest BCUT2D eigenvalue weighted by molar-refractivity contribution is 0.102. The molecule has 9 heteroatoms. The molecule has 180 valence electrons. The van der Waals surface area contributed by atoms with Crippen LogP contribution in [0, 0.1) is 0 Å². The number of nitrogens with one attached hydrogen (secondary N) is 1. The van der Waals surface area contributed by atoms with Gasteiger partial charge >= 0.3 is 0 Å². The first-order valence-corrected chi connectivity index (χ1v) is 13.0. The van der Waals surface area contributed by atoms with Gasteiger partial charge in [0.05, 0.1) is 24.7 Å². The minimum absolute atomic E-state index is 0.0407.